The fraction of sp³-hybridized carbons (Fsp3) is 0.308. The van der Waals surface area contributed by atoms with Crippen LogP contribution in [0.25, 0.3) is 11.3 Å². The first-order valence-electron chi connectivity index (χ1n) is 11.1. The summed E-state index contributed by atoms with van der Waals surface area (Å²) in [6.45, 7) is 7.00. The second-order valence-corrected chi connectivity index (χ2v) is 10.9. The predicted molar refractivity (Wildman–Crippen MR) is 134 cm³/mol. The van der Waals surface area contributed by atoms with Crippen LogP contribution in [0.4, 0.5) is 4.79 Å². The molecule has 10 heteroatoms. The van der Waals surface area contributed by atoms with Crippen molar-refractivity contribution in [2.75, 3.05) is 20.0 Å². The molecular formula is C26H29NO8S. The van der Waals surface area contributed by atoms with Crippen molar-refractivity contribution >= 4 is 21.9 Å². The maximum absolute atomic E-state index is 13.1. The lowest BCUT2D eigenvalue weighted by Gasteiger charge is -2.21. The number of carbonyl (C=O) groups excluding carboxylic acids is 2. The Bertz CT molecular complexity index is 1370. The summed E-state index contributed by atoms with van der Waals surface area (Å²) < 4.78 is 46.6. The summed E-state index contributed by atoms with van der Waals surface area (Å²) in [6, 6.07) is 14.1. The highest BCUT2D eigenvalue weighted by Crippen LogP contribution is 2.34. The molecule has 0 fully saturated rings. The SMILES string of the molecule is CCOC(=O)c1ccc(-c2cc(OC)cc(Oc3ccc(S(C)(=O)=O)cc3)c2)n1C(=O)OC(C)(C)C. The molecule has 9 nitrogen and oxygen atoms in total. The number of methoxy groups -OCH3 is 1. The Balaban J connectivity index is 2.07. The summed E-state index contributed by atoms with van der Waals surface area (Å²) in [5.41, 5.74) is 0.0930. The van der Waals surface area contributed by atoms with Gasteiger partial charge in [-0.15, -0.1) is 0 Å². The van der Waals surface area contributed by atoms with Crippen molar-refractivity contribution in [1.29, 1.82) is 0 Å². The van der Waals surface area contributed by atoms with Crippen molar-refractivity contribution in [2.24, 2.45) is 0 Å². The largest absolute Gasteiger partial charge is 0.497 e. The summed E-state index contributed by atoms with van der Waals surface area (Å²) in [6.07, 6.45) is 0.383. The minimum Gasteiger partial charge on any atom is -0.497 e. The van der Waals surface area contributed by atoms with Gasteiger partial charge in [-0.1, -0.05) is 0 Å². The van der Waals surface area contributed by atoms with Gasteiger partial charge in [0.1, 0.15) is 28.5 Å². The zero-order valence-electron chi connectivity index (χ0n) is 21.0. The lowest BCUT2D eigenvalue weighted by Crippen LogP contribution is -2.29. The third kappa shape index (κ3) is 6.45. The maximum Gasteiger partial charge on any atom is 0.419 e. The van der Waals surface area contributed by atoms with Gasteiger partial charge < -0.3 is 18.9 Å². The molecule has 36 heavy (non-hydrogen) atoms. The highest BCUT2D eigenvalue weighted by Gasteiger charge is 2.27. The fourth-order valence-corrected chi connectivity index (χ4v) is 3.95. The standard InChI is InChI=1S/C26H29NO8S/c1-7-33-24(28)23-13-12-22(27(23)25(29)35-26(2,3)4)17-14-19(32-5)16-20(15-17)34-18-8-10-21(11-9-18)36(6,30)31/h8-16H,7H2,1-6H3. The van der Waals surface area contributed by atoms with Crippen LogP contribution in [0.1, 0.15) is 38.2 Å². The number of nitrogens with zero attached hydrogens (tertiary/aromatic N) is 1. The number of benzene rings is 2. The molecule has 3 rings (SSSR count). The van der Waals surface area contributed by atoms with Gasteiger partial charge in [-0.25, -0.2) is 22.6 Å². The molecule has 0 atom stereocenters. The molecule has 0 unspecified atom stereocenters. The number of carbonyl (C=O) groups is 2. The molecule has 0 aliphatic heterocycles. The molecule has 0 bridgehead atoms. The van der Waals surface area contributed by atoms with Crippen molar-refractivity contribution in [3.8, 4) is 28.5 Å². The zero-order chi connectivity index (χ0) is 26.7. The maximum atomic E-state index is 13.1. The molecule has 2 aromatic carbocycles. The Kier molecular flexibility index (Phi) is 7.78. The minimum absolute atomic E-state index is 0.0164. The number of hydrogen-bond acceptors (Lipinski definition) is 8. The van der Waals surface area contributed by atoms with Gasteiger partial charge in [0.25, 0.3) is 0 Å². The lowest BCUT2D eigenvalue weighted by atomic mass is 10.1. The Morgan fingerprint density at radius 2 is 1.56 bits per heavy atom. The Morgan fingerprint density at radius 1 is 0.917 bits per heavy atom. The number of rotatable bonds is 7. The van der Waals surface area contributed by atoms with Crippen LogP contribution in [0, 0.1) is 0 Å². The number of esters is 1. The molecule has 1 aromatic heterocycles. The summed E-state index contributed by atoms with van der Waals surface area (Å²) in [5.74, 6) is 0.534. The molecule has 0 amide bonds. The van der Waals surface area contributed by atoms with E-state index in [0.717, 1.165) is 10.8 Å². The highest BCUT2D eigenvalue weighted by atomic mass is 32.2. The van der Waals surface area contributed by atoms with Crippen LogP contribution in [-0.4, -0.2) is 50.6 Å². The van der Waals surface area contributed by atoms with Crippen molar-refractivity contribution < 1.29 is 37.0 Å². The van der Waals surface area contributed by atoms with E-state index >= 15 is 0 Å². The molecule has 0 saturated carbocycles. The van der Waals surface area contributed by atoms with Gasteiger partial charge in [-0.2, -0.15) is 0 Å². The lowest BCUT2D eigenvalue weighted by molar-refractivity contribution is 0.0451. The highest BCUT2D eigenvalue weighted by molar-refractivity contribution is 7.90. The first-order valence-corrected chi connectivity index (χ1v) is 13.0. The van der Waals surface area contributed by atoms with Crippen LogP contribution >= 0.6 is 0 Å². The van der Waals surface area contributed by atoms with Crippen molar-refractivity contribution in [2.45, 2.75) is 38.2 Å². The molecule has 3 aromatic rings. The molecule has 1 heterocycles. The van der Waals surface area contributed by atoms with Crippen molar-refractivity contribution in [1.82, 2.24) is 4.57 Å². The van der Waals surface area contributed by atoms with E-state index in [1.54, 1.807) is 52.0 Å². The number of aromatic nitrogens is 1. The summed E-state index contributed by atoms with van der Waals surface area (Å²) in [5, 5.41) is 0. The van der Waals surface area contributed by atoms with Gasteiger partial charge in [-0.3, -0.25) is 0 Å². The zero-order valence-corrected chi connectivity index (χ0v) is 21.8. The molecule has 0 N–H and O–H groups in total. The van der Waals surface area contributed by atoms with E-state index < -0.39 is 27.5 Å². The second kappa shape index (κ2) is 10.4. The summed E-state index contributed by atoms with van der Waals surface area (Å²) in [7, 11) is -1.85. The van der Waals surface area contributed by atoms with E-state index in [4.69, 9.17) is 18.9 Å². The van der Waals surface area contributed by atoms with Crippen LogP contribution in [-0.2, 0) is 19.3 Å². The monoisotopic (exact) mass is 515 g/mol. The second-order valence-electron chi connectivity index (χ2n) is 8.88. The van der Waals surface area contributed by atoms with Gasteiger partial charge in [0.2, 0.25) is 0 Å². The first kappa shape index (κ1) is 26.8. The third-order valence-electron chi connectivity index (χ3n) is 4.84. The Morgan fingerprint density at radius 3 is 2.11 bits per heavy atom. The fourth-order valence-electron chi connectivity index (χ4n) is 3.32. The van der Waals surface area contributed by atoms with E-state index in [9.17, 15) is 18.0 Å². The van der Waals surface area contributed by atoms with Crippen LogP contribution in [0.2, 0.25) is 0 Å². The predicted octanol–water partition coefficient (Wildman–Crippen LogP) is 5.32. The number of hydrogen-bond donors (Lipinski definition) is 0. The van der Waals surface area contributed by atoms with E-state index in [2.05, 4.69) is 0 Å². The van der Waals surface area contributed by atoms with Crippen LogP contribution in [0.15, 0.2) is 59.5 Å². The average Bonchev–Trinajstić information content (AvgIpc) is 3.23. The molecular weight excluding hydrogens is 486 g/mol. The Hall–Kier alpha value is -3.79. The van der Waals surface area contributed by atoms with Crippen LogP contribution in [0.5, 0.6) is 17.2 Å². The van der Waals surface area contributed by atoms with Crippen molar-refractivity contribution in [3.63, 3.8) is 0 Å². The van der Waals surface area contributed by atoms with Crippen molar-refractivity contribution in [3.05, 3.63) is 60.3 Å². The van der Waals surface area contributed by atoms with Crippen LogP contribution in [0.3, 0.4) is 0 Å². The first-order chi connectivity index (χ1) is 16.8. The van der Waals surface area contributed by atoms with E-state index in [0.29, 0.717) is 28.5 Å². The van der Waals surface area contributed by atoms with E-state index in [1.165, 1.54) is 37.4 Å². The molecule has 0 spiro atoms. The number of sulfone groups is 1. The summed E-state index contributed by atoms with van der Waals surface area (Å²) >= 11 is 0. The van der Waals surface area contributed by atoms with Gasteiger partial charge in [0.05, 0.1) is 24.3 Å². The smallest absolute Gasteiger partial charge is 0.419 e. The molecule has 0 saturated heterocycles. The number of ether oxygens (including phenoxy) is 4. The quantitative estimate of drug-likeness (QED) is 0.389. The normalized spacial score (nSPS) is 11.6. The van der Waals surface area contributed by atoms with Gasteiger partial charge in [-0.05, 0) is 76.2 Å². The third-order valence-corrected chi connectivity index (χ3v) is 5.97. The van der Waals surface area contributed by atoms with Gasteiger partial charge >= 0.3 is 12.1 Å². The average molecular weight is 516 g/mol. The molecule has 0 aliphatic rings. The topological polar surface area (TPSA) is 110 Å². The molecule has 192 valence electrons. The van der Waals surface area contributed by atoms with Gasteiger partial charge in [0, 0.05) is 17.9 Å². The summed E-state index contributed by atoms with van der Waals surface area (Å²) in [4.78, 5) is 25.8. The van der Waals surface area contributed by atoms with Gasteiger partial charge in [0.15, 0.2) is 9.84 Å². The van der Waals surface area contributed by atoms with Crippen LogP contribution < -0.4 is 9.47 Å². The van der Waals surface area contributed by atoms with E-state index in [1.807, 2.05) is 0 Å². The molecule has 0 aliphatic carbocycles. The van der Waals surface area contributed by atoms with E-state index in [-0.39, 0.29) is 17.2 Å². The Labute approximate surface area is 210 Å². The molecule has 0 radical (unpaired) electrons. The minimum atomic E-state index is -3.34.